The summed E-state index contributed by atoms with van der Waals surface area (Å²) in [5, 5.41) is 0. The van der Waals surface area contributed by atoms with Gasteiger partial charge in [0.15, 0.2) is 6.29 Å². The number of carbonyl (C=O) groups is 1. The molecule has 0 bridgehead atoms. The molecule has 5 nitrogen and oxygen atoms in total. The van der Waals surface area contributed by atoms with Crippen LogP contribution in [-0.4, -0.2) is 34.3 Å². The van der Waals surface area contributed by atoms with E-state index in [1.165, 1.54) is 0 Å². The third-order valence-electron chi connectivity index (χ3n) is 3.45. The van der Waals surface area contributed by atoms with E-state index in [0.29, 0.717) is 19.6 Å². The monoisotopic (exact) mass is 360 g/mol. The normalized spacial score (nSPS) is 12.8. The molecule has 1 atom stereocenters. The molecule has 0 aliphatic heterocycles. The Bertz CT molecular complexity index is 325. The average molecular weight is 361 g/mol. The molecule has 1 unspecified atom stereocenters. The van der Waals surface area contributed by atoms with Gasteiger partial charge in [-0.25, -0.2) is 4.79 Å². The van der Waals surface area contributed by atoms with Crippen molar-refractivity contribution in [1.29, 1.82) is 0 Å². The number of carbonyl (C=O) groups excluding carboxylic acids is 1. The summed E-state index contributed by atoms with van der Waals surface area (Å²) in [6, 6.07) is 0.728. The van der Waals surface area contributed by atoms with E-state index in [2.05, 4.69) is 27.4 Å². The summed E-state index contributed by atoms with van der Waals surface area (Å²) in [5.74, 6) is -0.477. The highest BCUT2D eigenvalue weighted by atomic mass is 28.4. The first-order valence-corrected chi connectivity index (χ1v) is 11.3. The van der Waals surface area contributed by atoms with Crippen molar-refractivity contribution in [1.82, 2.24) is 0 Å². The maximum atomic E-state index is 11.6. The molecule has 6 heteroatoms. The SMILES string of the molecule is C=CC(=O)OC(CCC)O[Si](CCC)(OCCCC)OCCCC. The topological polar surface area (TPSA) is 54.0 Å². The minimum atomic E-state index is -2.86. The van der Waals surface area contributed by atoms with Crippen molar-refractivity contribution in [2.75, 3.05) is 13.2 Å². The molecule has 0 rings (SSSR count). The minimum Gasteiger partial charge on any atom is -0.433 e. The second-order valence-corrected chi connectivity index (χ2v) is 8.49. The van der Waals surface area contributed by atoms with Gasteiger partial charge < -0.3 is 18.0 Å². The van der Waals surface area contributed by atoms with E-state index in [0.717, 1.165) is 50.6 Å². The predicted molar refractivity (Wildman–Crippen MR) is 98.6 cm³/mol. The Morgan fingerprint density at radius 1 is 1.00 bits per heavy atom. The number of unbranched alkanes of at least 4 members (excludes halogenated alkanes) is 2. The molecular formula is C18H36O5Si. The van der Waals surface area contributed by atoms with Crippen molar-refractivity contribution in [3.63, 3.8) is 0 Å². The summed E-state index contributed by atoms with van der Waals surface area (Å²) in [4.78, 5) is 11.6. The third kappa shape index (κ3) is 10.2. The van der Waals surface area contributed by atoms with Crippen molar-refractivity contribution < 1.29 is 22.8 Å². The number of esters is 1. The van der Waals surface area contributed by atoms with Crippen LogP contribution in [0.3, 0.4) is 0 Å². The predicted octanol–water partition coefficient (Wildman–Crippen LogP) is 4.84. The summed E-state index contributed by atoms with van der Waals surface area (Å²) >= 11 is 0. The van der Waals surface area contributed by atoms with E-state index in [1.54, 1.807) is 0 Å². The summed E-state index contributed by atoms with van der Waals surface area (Å²) in [5.41, 5.74) is 0. The van der Waals surface area contributed by atoms with Gasteiger partial charge in [0.25, 0.3) is 0 Å². The Kier molecular flexibility index (Phi) is 14.2. The zero-order valence-electron chi connectivity index (χ0n) is 16.0. The Hall–Kier alpha value is -0.693. The van der Waals surface area contributed by atoms with Crippen molar-refractivity contribution in [2.45, 2.75) is 85.0 Å². The Labute approximate surface area is 149 Å². The highest BCUT2D eigenvalue weighted by molar-refractivity contribution is 6.60. The fraction of sp³-hybridized carbons (Fsp3) is 0.833. The van der Waals surface area contributed by atoms with Crippen LogP contribution in [-0.2, 0) is 22.8 Å². The standard InChI is InChI=1S/C18H36O5Si/c1-6-11-14-20-24(16-9-4,21-15-12-7-2)23-18(13-8-3)22-17(19)10-5/h10,18H,5-9,11-16H2,1-4H3. The van der Waals surface area contributed by atoms with Crippen LogP contribution in [0.4, 0.5) is 0 Å². The van der Waals surface area contributed by atoms with Gasteiger partial charge in [0.1, 0.15) is 0 Å². The van der Waals surface area contributed by atoms with Gasteiger partial charge in [-0.15, -0.1) is 0 Å². The van der Waals surface area contributed by atoms with Gasteiger partial charge in [-0.2, -0.15) is 0 Å². The van der Waals surface area contributed by atoms with E-state index < -0.39 is 21.1 Å². The molecule has 24 heavy (non-hydrogen) atoms. The molecule has 0 aliphatic rings. The Morgan fingerprint density at radius 2 is 1.58 bits per heavy atom. The fourth-order valence-electron chi connectivity index (χ4n) is 2.12. The van der Waals surface area contributed by atoms with Crippen LogP contribution in [0.5, 0.6) is 0 Å². The van der Waals surface area contributed by atoms with Crippen LogP contribution < -0.4 is 0 Å². The number of rotatable bonds is 16. The van der Waals surface area contributed by atoms with Gasteiger partial charge in [0, 0.05) is 31.8 Å². The van der Waals surface area contributed by atoms with Crippen molar-refractivity contribution in [3.05, 3.63) is 12.7 Å². The lowest BCUT2D eigenvalue weighted by Gasteiger charge is -2.33. The molecule has 0 radical (unpaired) electrons. The van der Waals surface area contributed by atoms with Crippen LogP contribution >= 0.6 is 0 Å². The molecule has 0 aromatic heterocycles. The molecule has 0 saturated carbocycles. The molecule has 0 aromatic rings. The largest absolute Gasteiger partial charge is 0.503 e. The molecule has 0 N–H and O–H groups in total. The molecule has 0 aliphatic carbocycles. The summed E-state index contributed by atoms with van der Waals surface area (Å²) in [6.45, 7) is 13.0. The highest BCUT2D eigenvalue weighted by Crippen LogP contribution is 2.23. The van der Waals surface area contributed by atoms with E-state index in [4.69, 9.17) is 18.0 Å². The molecule has 0 heterocycles. The number of hydrogen-bond acceptors (Lipinski definition) is 5. The van der Waals surface area contributed by atoms with E-state index >= 15 is 0 Å². The first kappa shape index (κ1) is 23.3. The highest BCUT2D eigenvalue weighted by Gasteiger charge is 2.43. The van der Waals surface area contributed by atoms with Gasteiger partial charge in [0.2, 0.25) is 0 Å². The quantitative estimate of drug-likeness (QED) is 0.130. The smallest absolute Gasteiger partial charge is 0.433 e. The number of hydrogen-bond donors (Lipinski definition) is 0. The van der Waals surface area contributed by atoms with Crippen molar-refractivity contribution >= 4 is 14.8 Å². The molecule has 0 saturated heterocycles. The minimum absolute atomic E-state index is 0.477. The van der Waals surface area contributed by atoms with Gasteiger partial charge in [-0.3, -0.25) is 0 Å². The molecule has 0 fully saturated rings. The van der Waals surface area contributed by atoms with Crippen LogP contribution in [0.2, 0.25) is 6.04 Å². The molecule has 0 amide bonds. The summed E-state index contributed by atoms with van der Waals surface area (Å²) in [6.07, 6.45) is 6.91. The van der Waals surface area contributed by atoms with E-state index in [9.17, 15) is 4.79 Å². The van der Waals surface area contributed by atoms with Gasteiger partial charge in [-0.1, -0.05) is 60.0 Å². The average Bonchev–Trinajstić information content (AvgIpc) is 2.55. The van der Waals surface area contributed by atoms with Crippen LogP contribution in [0.1, 0.15) is 72.6 Å². The summed E-state index contributed by atoms with van der Waals surface area (Å²) < 4.78 is 23.8. The summed E-state index contributed by atoms with van der Waals surface area (Å²) in [7, 11) is -2.86. The second-order valence-electron chi connectivity index (χ2n) is 5.81. The van der Waals surface area contributed by atoms with Crippen LogP contribution in [0.25, 0.3) is 0 Å². The van der Waals surface area contributed by atoms with Crippen molar-refractivity contribution in [3.8, 4) is 0 Å². The fourth-order valence-corrected chi connectivity index (χ4v) is 4.83. The molecule has 142 valence electrons. The van der Waals surface area contributed by atoms with Crippen molar-refractivity contribution in [2.24, 2.45) is 0 Å². The van der Waals surface area contributed by atoms with Gasteiger partial charge in [0.05, 0.1) is 0 Å². The lowest BCUT2D eigenvalue weighted by Crippen LogP contribution is -2.49. The lowest BCUT2D eigenvalue weighted by atomic mass is 10.3. The zero-order chi connectivity index (χ0) is 18.3. The van der Waals surface area contributed by atoms with Gasteiger partial charge >= 0.3 is 14.8 Å². The number of ether oxygens (including phenoxy) is 1. The molecule has 0 spiro atoms. The molecular weight excluding hydrogens is 324 g/mol. The van der Waals surface area contributed by atoms with E-state index in [1.807, 2.05) is 6.92 Å². The maximum absolute atomic E-state index is 11.6. The first-order chi connectivity index (χ1) is 11.6. The Balaban J connectivity index is 5.08. The first-order valence-electron chi connectivity index (χ1n) is 9.36. The maximum Gasteiger partial charge on any atom is 0.503 e. The lowest BCUT2D eigenvalue weighted by molar-refractivity contribution is -0.166. The second kappa shape index (κ2) is 14.6. The van der Waals surface area contributed by atoms with Crippen LogP contribution in [0.15, 0.2) is 12.7 Å². The third-order valence-corrected chi connectivity index (χ3v) is 6.47. The van der Waals surface area contributed by atoms with Crippen LogP contribution in [0, 0.1) is 0 Å². The van der Waals surface area contributed by atoms with E-state index in [-0.39, 0.29) is 0 Å². The zero-order valence-corrected chi connectivity index (χ0v) is 17.0. The van der Waals surface area contributed by atoms with Gasteiger partial charge in [-0.05, 0) is 12.8 Å². The molecule has 0 aromatic carbocycles. The Morgan fingerprint density at radius 3 is 2.00 bits per heavy atom.